The zero-order valence-corrected chi connectivity index (χ0v) is 12.9. The van der Waals surface area contributed by atoms with E-state index in [-0.39, 0.29) is 0 Å². The van der Waals surface area contributed by atoms with Crippen LogP contribution in [-0.2, 0) is 4.74 Å². The van der Waals surface area contributed by atoms with Crippen LogP contribution < -0.4 is 5.32 Å². The summed E-state index contributed by atoms with van der Waals surface area (Å²) in [5.74, 6) is 0.542. The molecule has 2 nitrogen and oxygen atoms in total. The summed E-state index contributed by atoms with van der Waals surface area (Å²) in [6, 6.07) is 9.43. The minimum absolute atomic E-state index is 0.532. The molecule has 1 aromatic rings. The largest absolute Gasteiger partial charge is 0.381 e. The first kappa shape index (κ1) is 16.2. The predicted octanol–water partition coefficient (Wildman–Crippen LogP) is 3.89. The number of rotatable bonds is 9. The van der Waals surface area contributed by atoms with Crippen LogP contribution in [0.3, 0.4) is 0 Å². The second-order valence-corrected chi connectivity index (χ2v) is 5.57. The molecule has 0 spiro atoms. The molecule has 0 saturated heterocycles. The molecule has 1 N–H and O–H groups in total. The maximum absolute atomic E-state index is 5.64. The fourth-order valence-corrected chi connectivity index (χ4v) is 2.08. The second-order valence-electron chi connectivity index (χ2n) is 5.57. The van der Waals surface area contributed by atoms with Crippen LogP contribution >= 0.6 is 0 Å². The van der Waals surface area contributed by atoms with E-state index in [0.29, 0.717) is 12.0 Å². The number of benzene rings is 1. The molecule has 0 radical (unpaired) electrons. The van der Waals surface area contributed by atoms with Gasteiger partial charge in [-0.3, -0.25) is 0 Å². The SMILES string of the molecule is CCCOCCC(CNC(C)C)c1ccc(C)cc1. The van der Waals surface area contributed by atoms with Crippen molar-refractivity contribution >= 4 is 0 Å². The van der Waals surface area contributed by atoms with Gasteiger partial charge in [-0.15, -0.1) is 0 Å². The summed E-state index contributed by atoms with van der Waals surface area (Å²) in [6.07, 6.45) is 2.18. The first-order valence-electron chi connectivity index (χ1n) is 7.51. The van der Waals surface area contributed by atoms with Crippen molar-refractivity contribution < 1.29 is 4.74 Å². The van der Waals surface area contributed by atoms with Gasteiger partial charge in [-0.1, -0.05) is 50.6 Å². The van der Waals surface area contributed by atoms with Crippen LogP contribution in [-0.4, -0.2) is 25.8 Å². The second kappa shape index (κ2) is 9.11. The third-order valence-electron chi connectivity index (χ3n) is 3.28. The van der Waals surface area contributed by atoms with E-state index < -0.39 is 0 Å². The van der Waals surface area contributed by atoms with Crippen LogP contribution in [0.25, 0.3) is 0 Å². The average molecular weight is 263 g/mol. The van der Waals surface area contributed by atoms with Crippen molar-refractivity contribution in [3.63, 3.8) is 0 Å². The molecule has 108 valence electrons. The highest BCUT2D eigenvalue weighted by Crippen LogP contribution is 2.20. The van der Waals surface area contributed by atoms with Crippen molar-refractivity contribution in [2.75, 3.05) is 19.8 Å². The molecule has 1 aromatic carbocycles. The average Bonchev–Trinajstić information content (AvgIpc) is 2.39. The summed E-state index contributed by atoms with van der Waals surface area (Å²) >= 11 is 0. The molecule has 0 amide bonds. The Hall–Kier alpha value is -0.860. The Labute approximate surface area is 118 Å². The molecule has 19 heavy (non-hydrogen) atoms. The molecule has 0 fully saturated rings. The molecule has 0 bridgehead atoms. The van der Waals surface area contributed by atoms with Crippen LogP contribution in [0, 0.1) is 6.92 Å². The van der Waals surface area contributed by atoms with E-state index in [1.165, 1.54) is 11.1 Å². The lowest BCUT2D eigenvalue weighted by molar-refractivity contribution is 0.127. The number of hydrogen-bond acceptors (Lipinski definition) is 2. The Morgan fingerprint density at radius 1 is 1.11 bits per heavy atom. The maximum atomic E-state index is 5.64. The minimum atomic E-state index is 0.532. The Kier molecular flexibility index (Phi) is 7.76. The van der Waals surface area contributed by atoms with Crippen LogP contribution in [0.15, 0.2) is 24.3 Å². The van der Waals surface area contributed by atoms with Gasteiger partial charge in [0.2, 0.25) is 0 Å². The van der Waals surface area contributed by atoms with Crippen molar-refractivity contribution in [1.29, 1.82) is 0 Å². The van der Waals surface area contributed by atoms with Gasteiger partial charge in [-0.25, -0.2) is 0 Å². The van der Waals surface area contributed by atoms with Gasteiger partial charge in [0.15, 0.2) is 0 Å². The molecule has 0 aliphatic carbocycles. The number of hydrogen-bond donors (Lipinski definition) is 1. The van der Waals surface area contributed by atoms with E-state index in [4.69, 9.17) is 4.74 Å². The Bertz CT molecular complexity index is 332. The van der Waals surface area contributed by atoms with E-state index in [1.807, 2.05) is 0 Å². The fraction of sp³-hybridized carbons (Fsp3) is 0.647. The Morgan fingerprint density at radius 3 is 2.37 bits per heavy atom. The van der Waals surface area contributed by atoms with Gasteiger partial charge in [-0.05, 0) is 31.2 Å². The quantitative estimate of drug-likeness (QED) is 0.682. The van der Waals surface area contributed by atoms with E-state index in [9.17, 15) is 0 Å². The molecule has 1 rings (SSSR count). The van der Waals surface area contributed by atoms with E-state index >= 15 is 0 Å². The normalized spacial score (nSPS) is 12.9. The van der Waals surface area contributed by atoms with Crippen LogP contribution in [0.1, 0.15) is 50.7 Å². The lowest BCUT2D eigenvalue weighted by Gasteiger charge is -2.20. The first-order chi connectivity index (χ1) is 9.13. The highest BCUT2D eigenvalue weighted by molar-refractivity contribution is 5.24. The van der Waals surface area contributed by atoms with E-state index in [0.717, 1.165) is 32.6 Å². The third kappa shape index (κ3) is 6.74. The fourth-order valence-electron chi connectivity index (χ4n) is 2.08. The maximum Gasteiger partial charge on any atom is 0.0472 e. The zero-order chi connectivity index (χ0) is 14.1. The van der Waals surface area contributed by atoms with Crippen molar-refractivity contribution in [1.82, 2.24) is 5.32 Å². The number of aryl methyl sites for hydroxylation is 1. The lowest BCUT2D eigenvalue weighted by atomic mass is 9.95. The van der Waals surface area contributed by atoms with E-state index in [2.05, 4.69) is 57.3 Å². The predicted molar refractivity (Wildman–Crippen MR) is 82.8 cm³/mol. The van der Waals surface area contributed by atoms with Gasteiger partial charge in [0.25, 0.3) is 0 Å². The van der Waals surface area contributed by atoms with Crippen molar-refractivity contribution in [2.24, 2.45) is 0 Å². The van der Waals surface area contributed by atoms with Crippen molar-refractivity contribution in [3.8, 4) is 0 Å². The zero-order valence-electron chi connectivity index (χ0n) is 12.9. The summed E-state index contributed by atoms with van der Waals surface area (Å²) in [7, 11) is 0. The summed E-state index contributed by atoms with van der Waals surface area (Å²) < 4.78 is 5.64. The van der Waals surface area contributed by atoms with Gasteiger partial charge in [0, 0.05) is 25.8 Å². The summed E-state index contributed by atoms with van der Waals surface area (Å²) in [5, 5.41) is 3.54. The van der Waals surface area contributed by atoms with Gasteiger partial charge in [0.1, 0.15) is 0 Å². The van der Waals surface area contributed by atoms with Crippen molar-refractivity contribution in [2.45, 2.75) is 52.5 Å². The highest BCUT2D eigenvalue weighted by Gasteiger charge is 2.11. The molecule has 0 aliphatic heterocycles. The molecule has 1 atom stereocenters. The molecule has 1 unspecified atom stereocenters. The highest BCUT2D eigenvalue weighted by atomic mass is 16.5. The minimum Gasteiger partial charge on any atom is -0.381 e. The van der Waals surface area contributed by atoms with Crippen LogP contribution in [0.2, 0.25) is 0 Å². The first-order valence-corrected chi connectivity index (χ1v) is 7.51. The summed E-state index contributed by atoms with van der Waals surface area (Å²) in [6.45, 7) is 11.4. The molecule has 2 heteroatoms. The summed E-state index contributed by atoms with van der Waals surface area (Å²) in [5.41, 5.74) is 2.74. The number of ether oxygens (including phenoxy) is 1. The molecule has 0 aromatic heterocycles. The topological polar surface area (TPSA) is 21.3 Å². The smallest absolute Gasteiger partial charge is 0.0472 e. The van der Waals surface area contributed by atoms with E-state index in [1.54, 1.807) is 0 Å². The Balaban J connectivity index is 2.54. The van der Waals surface area contributed by atoms with Gasteiger partial charge in [0.05, 0.1) is 0 Å². The molecule has 0 saturated carbocycles. The monoisotopic (exact) mass is 263 g/mol. The summed E-state index contributed by atoms with van der Waals surface area (Å²) in [4.78, 5) is 0. The van der Waals surface area contributed by atoms with Gasteiger partial charge >= 0.3 is 0 Å². The molecular formula is C17H29NO. The van der Waals surface area contributed by atoms with Crippen LogP contribution in [0.5, 0.6) is 0 Å². The number of nitrogens with one attached hydrogen (secondary N) is 1. The van der Waals surface area contributed by atoms with Crippen LogP contribution in [0.4, 0.5) is 0 Å². The Morgan fingerprint density at radius 2 is 1.79 bits per heavy atom. The molecule has 0 aliphatic rings. The lowest BCUT2D eigenvalue weighted by Crippen LogP contribution is -2.28. The van der Waals surface area contributed by atoms with Gasteiger partial charge in [-0.2, -0.15) is 0 Å². The van der Waals surface area contributed by atoms with Gasteiger partial charge < -0.3 is 10.1 Å². The molecule has 0 heterocycles. The molecular weight excluding hydrogens is 234 g/mol. The standard InChI is InChI=1S/C17H29NO/c1-5-11-19-12-10-17(13-18-14(2)3)16-8-6-15(4)7-9-16/h6-9,14,17-18H,5,10-13H2,1-4H3. The third-order valence-corrected chi connectivity index (χ3v) is 3.28. The van der Waals surface area contributed by atoms with Crippen molar-refractivity contribution in [3.05, 3.63) is 35.4 Å².